The van der Waals surface area contributed by atoms with Gasteiger partial charge in [0.25, 0.3) is 5.56 Å². The molecule has 1 amide bonds. The van der Waals surface area contributed by atoms with Gasteiger partial charge in [-0.15, -0.1) is 0 Å². The van der Waals surface area contributed by atoms with Crippen molar-refractivity contribution in [3.8, 4) is 11.5 Å². The molecule has 1 N–H and O–H groups in total. The molecule has 1 aliphatic rings. The van der Waals surface area contributed by atoms with E-state index in [4.69, 9.17) is 25.5 Å². The first-order valence-electron chi connectivity index (χ1n) is 10.1. The van der Waals surface area contributed by atoms with Gasteiger partial charge in [-0.3, -0.25) is 14.2 Å². The highest BCUT2D eigenvalue weighted by atomic mass is 35.5. The molecule has 0 saturated carbocycles. The number of rotatable bonds is 7. The Morgan fingerprint density at radius 2 is 1.94 bits per heavy atom. The van der Waals surface area contributed by atoms with Crippen molar-refractivity contribution >= 4 is 40.2 Å². The maximum Gasteiger partial charge on any atom is 0.262 e. The van der Waals surface area contributed by atoms with E-state index in [1.165, 1.54) is 16.3 Å². The first-order valence-corrected chi connectivity index (χ1v) is 11.4. The van der Waals surface area contributed by atoms with Gasteiger partial charge in [-0.2, -0.15) is 0 Å². The van der Waals surface area contributed by atoms with Crippen molar-refractivity contribution in [1.29, 1.82) is 0 Å². The largest absolute Gasteiger partial charge is 0.467 e. The lowest BCUT2D eigenvalue weighted by atomic mass is 10.2. The van der Waals surface area contributed by atoms with Gasteiger partial charge in [0.15, 0.2) is 16.7 Å². The van der Waals surface area contributed by atoms with Gasteiger partial charge < -0.3 is 19.2 Å². The molecule has 0 saturated heterocycles. The Labute approximate surface area is 197 Å². The Kier molecular flexibility index (Phi) is 5.97. The molecule has 168 valence electrons. The number of furan rings is 1. The third kappa shape index (κ3) is 4.69. The molecular weight excluding hydrogens is 466 g/mol. The lowest BCUT2D eigenvalue weighted by molar-refractivity contribution is -0.118. The van der Waals surface area contributed by atoms with Crippen LogP contribution in [-0.2, 0) is 17.9 Å². The van der Waals surface area contributed by atoms with Crippen LogP contribution in [0.3, 0.4) is 0 Å². The van der Waals surface area contributed by atoms with E-state index in [-0.39, 0.29) is 30.6 Å². The van der Waals surface area contributed by atoms with E-state index in [0.29, 0.717) is 44.9 Å². The van der Waals surface area contributed by atoms with Crippen LogP contribution >= 0.6 is 23.4 Å². The van der Waals surface area contributed by atoms with Crippen LogP contribution in [0.15, 0.2) is 69.2 Å². The van der Waals surface area contributed by atoms with E-state index in [1.54, 1.807) is 42.7 Å². The third-order valence-electron chi connectivity index (χ3n) is 5.04. The molecule has 1 aliphatic heterocycles. The van der Waals surface area contributed by atoms with Gasteiger partial charge >= 0.3 is 0 Å². The molecule has 3 heterocycles. The van der Waals surface area contributed by atoms with Crippen LogP contribution in [0.2, 0.25) is 5.02 Å². The molecule has 0 fully saturated rings. The Hall–Kier alpha value is -3.43. The molecule has 0 aliphatic carbocycles. The van der Waals surface area contributed by atoms with Gasteiger partial charge in [0.1, 0.15) is 5.76 Å². The second-order valence-corrected chi connectivity index (χ2v) is 8.66. The van der Waals surface area contributed by atoms with Crippen LogP contribution in [0.5, 0.6) is 11.5 Å². The summed E-state index contributed by atoms with van der Waals surface area (Å²) >= 11 is 7.08. The highest BCUT2D eigenvalue weighted by Gasteiger charge is 2.20. The zero-order valence-corrected chi connectivity index (χ0v) is 18.8. The molecular formula is C23H18ClN3O5S. The van der Waals surface area contributed by atoms with Gasteiger partial charge in [-0.1, -0.05) is 35.5 Å². The summed E-state index contributed by atoms with van der Waals surface area (Å²) in [5.74, 6) is 1.56. The van der Waals surface area contributed by atoms with Crippen molar-refractivity contribution in [1.82, 2.24) is 14.9 Å². The second kappa shape index (κ2) is 9.21. The van der Waals surface area contributed by atoms with Crippen LogP contribution in [0.1, 0.15) is 11.3 Å². The fraction of sp³-hybridized carbons (Fsp3) is 0.174. The third-order valence-corrected chi connectivity index (χ3v) is 6.27. The normalized spacial score (nSPS) is 12.3. The zero-order valence-electron chi connectivity index (χ0n) is 17.2. The number of ether oxygens (including phenoxy) is 2. The predicted molar refractivity (Wildman–Crippen MR) is 124 cm³/mol. The number of benzene rings is 2. The summed E-state index contributed by atoms with van der Waals surface area (Å²) < 4.78 is 17.7. The molecule has 4 aromatic rings. The van der Waals surface area contributed by atoms with Crippen LogP contribution in [0.25, 0.3) is 10.9 Å². The van der Waals surface area contributed by atoms with Crippen molar-refractivity contribution in [2.75, 3.05) is 12.5 Å². The quantitative estimate of drug-likeness (QED) is 0.315. The molecule has 0 unspecified atom stereocenters. The van der Waals surface area contributed by atoms with Crippen molar-refractivity contribution in [2.45, 2.75) is 18.2 Å². The minimum Gasteiger partial charge on any atom is -0.467 e. The number of carbonyl (C=O) groups excluding carboxylic acids is 1. The van der Waals surface area contributed by atoms with Gasteiger partial charge in [0.05, 0.1) is 29.5 Å². The van der Waals surface area contributed by atoms with Crippen LogP contribution in [0, 0.1) is 0 Å². The Bertz CT molecular complexity index is 1370. The second-order valence-electron chi connectivity index (χ2n) is 7.28. The maximum absolute atomic E-state index is 13.3. The van der Waals surface area contributed by atoms with Crippen molar-refractivity contribution in [2.24, 2.45) is 0 Å². The number of carbonyl (C=O) groups is 1. The van der Waals surface area contributed by atoms with E-state index in [2.05, 4.69) is 10.3 Å². The summed E-state index contributed by atoms with van der Waals surface area (Å²) in [7, 11) is 0. The topological polar surface area (TPSA) is 95.6 Å². The number of hydrogen-bond donors (Lipinski definition) is 1. The summed E-state index contributed by atoms with van der Waals surface area (Å²) in [4.78, 5) is 30.4. The summed E-state index contributed by atoms with van der Waals surface area (Å²) in [5.41, 5.74) is 1.16. The molecule has 0 bridgehead atoms. The molecule has 10 heteroatoms. The summed E-state index contributed by atoms with van der Waals surface area (Å²) in [6, 6.07) is 14.1. The van der Waals surface area contributed by atoms with Crippen molar-refractivity contribution in [3.05, 3.63) is 81.5 Å². The number of halogens is 1. The van der Waals surface area contributed by atoms with E-state index < -0.39 is 0 Å². The van der Waals surface area contributed by atoms with Gasteiger partial charge in [-0.05, 0) is 35.9 Å². The van der Waals surface area contributed by atoms with Crippen LogP contribution in [-0.4, -0.2) is 28.0 Å². The fourth-order valence-corrected chi connectivity index (χ4v) is 4.34. The minimum atomic E-state index is -0.251. The average Bonchev–Trinajstić information content (AvgIpc) is 3.50. The number of thioether (sulfide) groups is 1. The lowest BCUT2D eigenvalue weighted by Gasteiger charge is -2.12. The number of aromatic nitrogens is 2. The first-order chi connectivity index (χ1) is 16.1. The number of fused-ring (bicyclic) bond motifs is 2. The highest BCUT2D eigenvalue weighted by molar-refractivity contribution is 7.99. The highest BCUT2D eigenvalue weighted by Crippen LogP contribution is 2.35. The minimum absolute atomic E-state index is 0.0915. The molecule has 8 nitrogen and oxygen atoms in total. The molecule has 5 rings (SSSR count). The first kappa shape index (κ1) is 21.4. The SMILES string of the molecule is O=C(CSc1nc2cc3c(cc2c(=O)n1Cc1ccco1)OCO3)NCc1ccc(Cl)cc1. The standard InChI is InChI=1S/C23H18ClN3O5S/c24-15-5-3-14(4-6-15)10-25-21(28)12-33-23-26-18-9-20-19(31-13-32-20)8-17(18)22(29)27(23)11-16-2-1-7-30-16/h1-9H,10-13H2,(H,25,28). The van der Waals surface area contributed by atoms with Crippen LogP contribution < -0.4 is 20.3 Å². The molecule has 0 atom stereocenters. The summed E-state index contributed by atoms with van der Waals surface area (Å²) in [6.45, 7) is 0.671. The fourth-order valence-electron chi connectivity index (χ4n) is 3.38. The zero-order chi connectivity index (χ0) is 22.8. The Balaban J connectivity index is 1.39. The average molecular weight is 484 g/mol. The van der Waals surface area contributed by atoms with Gasteiger partial charge in [0, 0.05) is 17.6 Å². The molecule has 33 heavy (non-hydrogen) atoms. The Morgan fingerprint density at radius 3 is 2.70 bits per heavy atom. The van der Waals surface area contributed by atoms with Gasteiger partial charge in [-0.25, -0.2) is 4.98 Å². The summed E-state index contributed by atoms with van der Waals surface area (Å²) in [5, 5.41) is 4.32. The smallest absolute Gasteiger partial charge is 0.262 e. The molecule has 0 spiro atoms. The van der Waals surface area contributed by atoms with E-state index >= 15 is 0 Å². The van der Waals surface area contributed by atoms with E-state index in [9.17, 15) is 9.59 Å². The summed E-state index contributed by atoms with van der Waals surface area (Å²) in [6.07, 6.45) is 1.55. The maximum atomic E-state index is 13.3. The molecule has 2 aromatic heterocycles. The number of amides is 1. The molecule has 2 aromatic carbocycles. The number of nitrogens with zero attached hydrogens (tertiary/aromatic N) is 2. The lowest BCUT2D eigenvalue weighted by Crippen LogP contribution is -2.27. The van der Waals surface area contributed by atoms with E-state index in [1.807, 2.05) is 12.1 Å². The number of hydrogen-bond acceptors (Lipinski definition) is 7. The van der Waals surface area contributed by atoms with Gasteiger partial charge in [0.2, 0.25) is 12.7 Å². The van der Waals surface area contributed by atoms with Crippen molar-refractivity contribution < 1.29 is 18.7 Å². The number of nitrogens with one attached hydrogen (secondary N) is 1. The van der Waals surface area contributed by atoms with E-state index in [0.717, 1.165) is 5.56 Å². The molecule has 0 radical (unpaired) electrons. The Morgan fingerprint density at radius 1 is 1.15 bits per heavy atom. The monoisotopic (exact) mass is 483 g/mol. The van der Waals surface area contributed by atoms with Crippen molar-refractivity contribution in [3.63, 3.8) is 0 Å². The van der Waals surface area contributed by atoms with Crippen LogP contribution in [0.4, 0.5) is 0 Å². The predicted octanol–water partition coefficient (Wildman–Crippen LogP) is 3.83.